The first-order valence-corrected chi connectivity index (χ1v) is 8.05. The van der Waals surface area contributed by atoms with Crippen LogP contribution in [0.1, 0.15) is 12.8 Å². The minimum atomic E-state index is -0.333. The summed E-state index contributed by atoms with van der Waals surface area (Å²) in [4.78, 5) is 10.1. The number of nitrogens with zero attached hydrogens (tertiary/aromatic N) is 3. The van der Waals surface area contributed by atoms with Crippen molar-refractivity contribution in [3.8, 4) is 5.88 Å². The van der Waals surface area contributed by atoms with Crippen molar-refractivity contribution in [2.45, 2.75) is 18.9 Å². The van der Waals surface area contributed by atoms with Crippen LogP contribution in [0.3, 0.4) is 0 Å². The normalized spacial score (nSPS) is 15.1. The van der Waals surface area contributed by atoms with E-state index in [0.29, 0.717) is 17.4 Å². The molecule has 0 spiro atoms. The van der Waals surface area contributed by atoms with Crippen LogP contribution in [0.25, 0.3) is 0 Å². The van der Waals surface area contributed by atoms with Gasteiger partial charge in [-0.1, -0.05) is 0 Å². The molecule has 0 amide bonds. The summed E-state index contributed by atoms with van der Waals surface area (Å²) < 4.78 is 20.1. The largest absolute Gasteiger partial charge is 0.474 e. The summed E-state index contributed by atoms with van der Waals surface area (Å²) >= 11 is 0. The molecule has 1 aliphatic rings. The van der Waals surface area contributed by atoms with Gasteiger partial charge in [0.2, 0.25) is 5.88 Å². The van der Waals surface area contributed by atoms with Gasteiger partial charge in [-0.05, 0) is 44.1 Å². The van der Waals surface area contributed by atoms with E-state index >= 15 is 0 Å². The highest BCUT2D eigenvalue weighted by Crippen LogP contribution is 2.24. The Morgan fingerprint density at radius 1 is 1.21 bits per heavy atom. The fourth-order valence-corrected chi connectivity index (χ4v) is 2.58. The van der Waals surface area contributed by atoms with E-state index in [2.05, 4.69) is 20.6 Å². The molecule has 1 aliphatic heterocycles. The Bertz CT molecular complexity index is 688. The summed E-state index contributed by atoms with van der Waals surface area (Å²) in [5, 5.41) is 6.27. The summed E-state index contributed by atoms with van der Waals surface area (Å²) in [5.74, 6) is 0.677. The molecular weight excluding hydrogens is 309 g/mol. The van der Waals surface area contributed by atoms with Crippen molar-refractivity contribution in [3.63, 3.8) is 0 Å². The fraction of sp³-hybridized carbons (Fsp3) is 0.412. The smallest absolute Gasteiger partial charge is 0.218 e. The average molecular weight is 331 g/mol. The Morgan fingerprint density at radius 2 is 2.00 bits per heavy atom. The molecule has 0 saturated carbocycles. The van der Waals surface area contributed by atoms with Crippen molar-refractivity contribution in [1.82, 2.24) is 15.3 Å². The number of anilines is 3. The molecule has 1 aromatic heterocycles. The van der Waals surface area contributed by atoms with Gasteiger partial charge in [0.1, 0.15) is 24.1 Å². The van der Waals surface area contributed by atoms with E-state index < -0.39 is 0 Å². The average Bonchev–Trinajstić information content (AvgIpc) is 2.58. The number of piperidine rings is 1. The molecule has 2 heterocycles. The van der Waals surface area contributed by atoms with Gasteiger partial charge in [-0.25, -0.2) is 14.4 Å². The van der Waals surface area contributed by atoms with Gasteiger partial charge in [0.25, 0.3) is 0 Å². The first-order chi connectivity index (χ1) is 11.6. The SMILES string of the molecule is CN(C)c1ccc(Nc2cc(OC3CCNCC3)ncn2)c(F)c1. The number of hydrogen-bond acceptors (Lipinski definition) is 6. The van der Waals surface area contributed by atoms with Crippen molar-refractivity contribution < 1.29 is 9.13 Å². The third kappa shape index (κ3) is 4.11. The standard InChI is InChI=1S/C17H22FN5O/c1-23(2)12-3-4-15(14(18)9-12)22-16-10-17(21-11-20-16)24-13-5-7-19-8-6-13/h3-4,9-11,13,19H,5-8H2,1-2H3,(H,20,21,22). The molecule has 2 N–H and O–H groups in total. The minimum absolute atomic E-state index is 0.158. The summed E-state index contributed by atoms with van der Waals surface area (Å²) in [6.45, 7) is 1.90. The predicted molar refractivity (Wildman–Crippen MR) is 92.6 cm³/mol. The number of hydrogen-bond donors (Lipinski definition) is 2. The maximum atomic E-state index is 14.2. The fourth-order valence-electron chi connectivity index (χ4n) is 2.58. The Hall–Kier alpha value is -2.41. The van der Waals surface area contributed by atoms with Crippen LogP contribution in [0, 0.1) is 5.82 Å². The van der Waals surface area contributed by atoms with Crippen LogP contribution in [0.5, 0.6) is 5.88 Å². The van der Waals surface area contributed by atoms with Crippen molar-refractivity contribution in [3.05, 3.63) is 36.4 Å². The molecule has 2 aromatic rings. The number of nitrogens with one attached hydrogen (secondary N) is 2. The van der Waals surface area contributed by atoms with Crippen molar-refractivity contribution in [1.29, 1.82) is 0 Å². The lowest BCUT2D eigenvalue weighted by atomic mass is 10.1. The van der Waals surface area contributed by atoms with E-state index in [4.69, 9.17) is 4.74 Å². The van der Waals surface area contributed by atoms with Gasteiger partial charge >= 0.3 is 0 Å². The Kier molecular flexibility index (Phi) is 5.10. The zero-order valence-corrected chi connectivity index (χ0v) is 13.9. The summed E-state index contributed by atoms with van der Waals surface area (Å²) in [6.07, 6.45) is 3.48. The van der Waals surface area contributed by atoms with Crippen LogP contribution >= 0.6 is 0 Å². The second-order valence-corrected chi connectivity index (χ2v) is 5.99. The van der Waals surface area contributed by atoms with Gasteiger partial charge in [0.05, 0.1) is 5.69 Å². The van der Waals surface area contributed by atoms with E-state index in [0.717, 1.165) is 31.6 Å². The molecule has 6 nitrogen and oxygen atoms in total. The van der Waals surface area contributed by atoms with Gasteiger partial charge in [0, 0.05) is 25.8 Å². The highest BCUT2D eigenvalue weighted by atomic mass is 19.1. The van der Waals surface area contributed by atoms with Crippen LogP contribution in [-0.2, 0) is 0 Å². The number of benzene rings is 1. The molecule has 0 unspecified atom stereocenters. The molecule has 1 aromatic carbocycles. The molecular formula is C17H22FN5O. The number of aromatic nitrogens is 2. The Morgan fingerprint density at radius 3 is 2.71 bits per heavy atom. The Balaban J connectivity index is 1.70. The van der Waals surface area contributed by atoms with Crippen LogP contribution in [0.2, 0.25) is 0 Å². The molecule has 3 rings (SSSR count). The van der Waals surface area contributed by atoms with Gasteiger partial charge in [0.15, 0.2) is 0 Å². The lowest BCUT2D eigenvalue weighted by Gasteiger charge is -2.23. The van der Waals surface area contributed by atoms with E-state index in [1.54, 1.807) is 12.1 Å². The van der Waals surface area contributed by atoms with Gasteiger partial charge < -0.3 is 20.3 Å². The van der Waals surface area contributed by atoms with E-state index in [-0.39, 0.29) is 11.9 Å². The topological polar surface area (TPSA) is 62.3 Å². The quantitative estimate of drug-likeness (QED) is 0.878. The van der Waals surface area contributed by atoms with Gasteiger partial charge in [-0.2, -0.15) is 0 Å². The molecule has 1 saturated heterocycles. The molecule has 0 radical (unpaired) electrons. The molecule has 128 valence electrons. The van der Waals surface area contributed by atoms with E-state index in [9.17, 15) is 4.39 Å². The Labute approximate surface area is 141 Å². The van der Waals surface area contributed by atoms with Crippen LogP contribution < -0.4 is 20.3 Å². The molecule has 1 fully saturated rings. The lowest BCUT2D eigenvalue weighted by molar-refractivity contribution is 0.156. The molecule has 0 bridgehead atoms. The van der Waals surface area contributed by atoms with Crippen molar-refractivity contribution in [2.75, 3.05) is 37.4 Å². The first kappa shape index (κ1) is 16.4. The van der Waals surface area contributed by atoms with Gasteiger partial charge in [-0.3, -0.25) is 0 Å². The van der Waals surface area contributed by atoms with Crippen molar-refractivity contribution in [2.24, 2.45) is 0 Å². The highest BCUT2D eigenvalue weighted by molar-refractivity contribution is 5.61. The third-order valence-corrected chi connectivity index (χ3v) is 3.95. The zero-order valence-electron chi connectivity index (χ0n) is 13.9. The number of ether oxygens (including phenoxy) is 1. The van der Waals surface area contributed by atoms with Crippen LogP contribution in [0.4, 0.5) is 21.6 Å². The predicted octanol–water partition coefficient (Wildman–Crippen LogP) is 2.56. The highest BCUT2D eigenvalue weighted by Gasteiger charge is 2.15. The first-order valence-electron chi connectivity index (χ1n) is 8.05. The van der Waals surface area contributed by atoms with Crippen molar-refractivity contribution >= 4 is 17.2 Å². The van der Waals surface area contributed by atoms with Gasteiger partial charge in [-0.15, -0.1) is 0 Å². The maximum absolute atomic E-state index is 14.2. The van der Waals surface area contributed by atoms with Crippen LogP contribution in [0.15, 0.2) is 30.6 Å². The second kappa shape index (κ2) is 7.44. The third-order valence-electron chi connectivity index (χ3n) is 3.95. The maximum Gasteiger partial charge on any atom is 0.218 e. The summed E-state index contributed by atoms with van der Waals surface area (Å²) in [5.41, 5.74) is 1.17. The number of rotatable bonds is 5. The molecule has 7 heteroatoms. The van der Waals surface area contributed by atoms with E-state index in [1.165, 1.54) is 12.4 Å². The zero-order chi connectivity index (χ0) is 16.9. The lowest BCUT2D eigenvalue weighted by Crippen LogP contribution is -2.34. The monoisotopic (exact) mass is 331 g/mol. The summed E-state index contributed by atoms with van der Waals surface area (Å²) in [7, 11) is 3.74. The molecule has 24 heavy (non-hydrogen) atoms. The minimum Gasteiger partial charge on any atom is -0.474 e. The summed E-state index contributed by atoms with van der Waals surface area (Å²) in [6, 6.07) is 6.72. The second-order valence-electron chi connectivity index (χ2n) is 5.99. The molecule has 0 aliphatic carbocycles. The van der Waals surface area contributed by atoms with Crippen LogP contribution in [-0.4, -0.2) is 43.3 Å². The van der Waals surface area contributed by atoms with E-state index in [1.807, 2.05) is 25.1 Å². The number of halogens is 1. The molecule has 0 atom stereocenters.